The molecule has 0 radical (unpaired) electrons. The fourth-order valence-electron chi connectivity index (χ4n) is 1.84. The second-order valence-corrected chi connectivity index (χ2v) is 6.23. The van der Waals surface area contributed by atoms with Crippen molar-refractivity contribution in [2.24, 2.45) is 5.10 Å². The molecule has 2 aromatic carbocycles. The molecule has 0 atom stereocenters. The minimum absolute atomic E-state index is 0.223. The lowest BCUT2D eigenvalue weighted by Crippen LogP contribution is -2.17. The van der Waals surface area contributed by atoms with Crippen molar-refractivity contribution in [3.8, 4) is 5.75 Å². The first-order valence-electron chi connectivity index (χ1n) is 7.51. The van der Waals surface area contributed by atoms with Gasteiger partial charge in [-0.05, 0) is 77.0 Å². The highest BCUT2D eigenvalue weighted by atomic mass is 127. The van der Waals surface area contributed by atoms with Crippen LogP contribution < -0.4 is 10.2 Å². The topological polar surface area (TPSA) is 50.7 Å². The molecule has 23 heavy (non-hydrogen) atoms. The number of nitrogens with one attached hydrogen (secondary N) is 1. The largest absolute Gasteiger partial charge is 0.494 e. The SMILES string of the molecule is CCCCOc1ccc(/C=N/NC(=O)c2cccc(I)c2)cc1. The molecule has 120 valence electrons. The first-order valence-corrected chi connectivity index (χ1v) is 8.58. The van der Waals surface area contributed by atoms with Crippen LogP contribution in [0.15, 0.2) is 53.6 Å². The second-order valence-electron chi connectivity index (χ2n) is 4.98. The maximum atomic E-state index is 11.9. The van der Waals surface area contributed by atoms with Gasteiger partial charge >= 0.3 is 0 Å². The summed E-state index contributed by atoms with van der Waals surface area (Å²) in [6.45, 7) is 2.86. The van der Waals surface area contributed by atoms with E-state index in [-0.39, 0.29) is 5.91 Å². The number of nitrogens with zero attached hydrogens (tertiary/aromatic N) is 1. The van der Waals surface area contributed by atoms with Crippen LogP contribution in [0.25, 0.3) is 0 Å². The van der Waals surface area contributed by atoms with Crippen LogP contribution in [-0.2, 0) is 0 Å². The van der Waals surface area contributed by atoms with Gasteiger partial charge in [-0.2, -0.15) is 5.10 Å². The zero-order valence-corrected chi connectivity index (χ0v) is 15.1. The van der Waals surface area contributed by atoms with Gasteiger partial charge in [-0.15, -0.1) is 0 Å². The third kappa shape index (κ3) is 6.02. The average Bonchev–Trinajstić information content (AvgIpc) is 2.56. The number of rotatable bonds is 7. The quantitative estimate of drug-likeness (QED) is 0.314. The summed E-state index contributed by atoms with van der Waals surface area (Å²) in [7, 11) is 0. The third-order valence-electron chi connectivity index (χ3n) is 3.11. The van der Waals surface area contributed by atoms with Gasteiger partial charge in [0.15, 0.2) is 0 Å². The van der Waals surface area contributed by atoms with E-state index in [1.54, 1.807) is 12.3 Å². The maximum Gasteiger partial charge on any atom is 0.271 e. The molecular weight excluding hydrogens is 403 g/mol. The monoisotopic (exact) mass is 422 g/mol. The molecule has 2 rings (SSSR count). The van der Waals surface area contributed by atoms with Crippen molar-refractivity contribution >= 4 is 34.7 Å². The molecule has 0 fully saturated rings. The lowest BCUT2D eigenvalue weighted by Gasteiger charge is -2.05. The fraction of sp³-hybridized carbons (Fsp3) is 0.222. The van der Waals surface area contributed by atoms with Gasteiger partial charge in [0.05, 0.1) is 12.8 Å². The Labute approximate surface area is 150 Å². The van der Waals surface area contributed by atoms with Gasteiger partial charge in [-0.1, -0.05) is 19.4 Å². The van der Waals surface area contributed by atoms with E-state index in [0.29, 0.717) is 5.56 Å². The molecule has 5 heteroatoms. The molecule has 0 heterocycles. The van der Waals surface area contributed by atoms with E-state index in [4.69, 9.17) is 4.74 Å². The van der Waals surface area contributed by atoms with E-state index in [2.05, 4.69) is 40.0 Å². The Kier molecular flexibility index (Phi) is 7.06. The maximum absolute atomic E-state index is 11.9. The Morgan fingerprint density at radius 1 is 1.26 bits per heavy atom. The van der Waals surface area contributed by atoms with Crippen LogP contribution >= 0.6 is 22.6 Å². The van der Waals surface area contributed by atoms with E-state index in [9.17, 15) is 4.79 Å². The predicted octanol–water partition coefficient (Wildman–Crippen LogP) is 4.23. The summed E-state index contributed by atoms with van der Waals surface area (Å²) < 4.78 is 6.61. The summed E-state index contributed by atoms with van der Waals surface area (Å²) in [4.78, 5) is 11.9. The summed E-state index contributed by atoms with van der Waals surface area (Å²) in [5, 5.41) is 3.98. The molecule has 0 spiro atoms. The molecule has 2 aromatic rings. The Morgan fingerprint density at radius 2 is 2.04 bits per heavy atom. The summed E-state index contributed by atoms with van der Waals surface area (Å²) in [6, 6.07) is 15.0. The van der Waals surface area contributed by atoms with Crippen LogP contribution in [0.2, 0.25) is 0 Å². The number of unbranched alkanes of at least 4 members (excludes halogenated alkanes) is 1. The van der Waals surface area contributed by atoms with Gasteiger partial charge < -0.3 is 4.74 Å². The standard InChI is InChI=1S/C18H19IN2O2/c1-2-3-11-23-17-9-7-14(8-10-17)13-20-21-18(22)15-5-4-6-16(19)12-15/h4-10,12-13H,2-3,11H2,1H3,(H,21,22)/b20-13+. The molecule has 1 N–H and O–H groups in total. The van der Waals surface area contributed by atoms with E-state index < -0.39 is 0 Å². The molecule has 0 aliphatic heterocycles. The molecule has 0 bridgehead atoms. The molecule has 0 aromatic heterocycles. The predicted molar refractivity (Wildman–Crippen MR) is 101 cm³/mol. The van der Waals surface area contributed by atoms with E-state index >= 15 is 0 Å². The van der Waals surface area contributed by atoms with Gasteiger partial charge in [-0.3, -0.25) is 4.79 Å². The normalized spacial score (nSPS) is 10.7. The van der Waals surface area contributed by atoms with Crippen LogP contribution in [0, 0.1) is 3.57 Å². The summed E-state index contributed by atoms with van der Waals surface area (Å²) >= 11 is 2.17. The second kappa shape index (κ2) is 9.29. The average molecular weight is 422 g/mol. The van der Waals surface area contributed by atoms with Crippen molar-refractivity contribution in [1.82, 2.24) is 5.43 Å². The Morgan fingerprint density at radius 3 is 2.74 bits per heavy atom. The van der Waals surface area contributed by atoms with Gasteiger partial charge in [0.25, 0.3) is 5.91 Å². The van der Waals surface area contributed by atoms with Crippen molar-refractivity contribution in [2.75, 3.05) is 6.61 Å². The number of hydrazone groups is 1. The first kappa shape index (κ1) is 17.5. The van der Waals surface area contributed by atoms with Crippen molar-refractivity contribution in [3.05, 3.63) is 63.2 Å². The lowest BCUT2D eigenvalue weighted by atomic mass is 10.2. The minimum atomic E-state index is -0.223. The number of carbonyl (C=O) groups excluding carboxylic acids is 1. The van der Waals surface area contributed by atoms with E-state index in [0.717, 1.165) is 34.3 Å². The molecule has 1 amide bonds. The summed E-state index contributed by atoms with van der Waals surface area (Å²) in [5.74, 6) is 0.623. The Balaban J connectivity index is 1.86. The highest BCUT2D eigenvalue weighted by Crippen LogP contribution is 2.11. The molecule has 0 saturated carbocycles. The van der Waals surface area contributed by atoms with Gasteiger partial charge in [0.1, 0.15) is 5.75 Å². The Bertz CT molecular complexity index is 669. The first-order chi connectivity index (χ1) is 11.2. The number of hydrogen-bond acceptors (Lipinski definition) is 3. The molecule has 0 aliphatic carbocycles. The summed E-state index contributed by atoms with van der Waals surface area (Å²) in [5.41, 5.74) is 4.02. The highest BCUT2D eigenvalue weighted by Gasteiger charge is 2.03. The molecule has 4 nitrogen and oxygen atoms in total. The summed E-state index contributed by atoms with van der Waals surface area (Å²) in [6.07, 6.45) is 3.78. The molecule has 0 saturated heterocycles. The van der Waals surface area contributed by atoms with Crippen LogP contribution in [0.3, 0.4) is 0 Å². The van der Waals surface area contributed by atoms with E-state index in [1.165, 1.54) is 0 Å². The van der Waals surface area contributed by atoms with Gasteiger partial charge in [0, 0.05) is 9.13 Å². The van der Waals surface area contributed by atoms with Crippen LogP contribution in [0.4, 0.5) is 0 Å². The van der Waals surface area contributed by atoms with Crippen LogP contribution in [0.5, 0.6) is 5.75 Å². The number of benzene rings is 2. The fourth-order valence-corrected chi connectivity index (χ4v) is 2.39. The molecular formula is C18H19IN2O2. The van der Waals surface area contributed by atoms with Gasteiger partial charge in [0.2, 0.25) is 0 Å². The van der Waals surface area contributed by atoms with Crippen molar-refractivity contribution < 1.29 is 9.53 Å². The highest BCUT2D eigenvalue weighted by molar-refractivity contribution is 14.1. The lowest BCUT2D eigenvalue weighted by molar-refractivity contribution is 0.0955. The zero-order chi connectivity index (χ0) is 16.5. The van der Waals surface area contributed by atoms with Crippen molar-refractivity contribution in [1.29, 1.82) is 0 Å². The number of halogens is 1. The third-order valence-corrected chi connectivity index (χ3v) is 3.78. The Hall–Kier alpha value is -1.89. The van der Waals surface area contributed by atoms with Crippen LogP contribution in [0.1, 0.15) is 35.7 Å². The molecule has 0 unspecified atom stereocenters. The van der Waals surface area contributed by atoms with E-state index in [1.807, 2.05) is 42.5 Å². The number of ether oxygens (including phenoxy) is 1. The number of carbonyl (C=O) groups is 1. The number of amides is 1. The minimum Gasteiger partial charge on any atom is -0.494 e. The van der Waals surface area contributed by atoms with Crippen molar-refractivity contribution in [3.63, 3.8) is 0 Å². The smallest absolute Gasteiger partial charge is 0.271 e. The molecule has 0 aliphatic rings. The number of hydrogen-bond donors (Lipinski definition) is 1. The van der Waals surface area contributed by atoms with Crippen molar-refractivity contribution in [2.45, 2.75) is 19.8 Å². The van der Waals surface area contributed by atoms with Crippen LogP contribution in [-0.4, -0.2) is 18.7 Å². The van der Waals surface area contributed by atoms with Gasteiger partial charge in [-0.25, -0.2) is 5.43 Å². The zero-order valence-electron chi connectivity index (χ0n) is 13.0.